The van der Waals surface area contributed by atoms with Crippen molar-refractivity contribution in [3.8, 4) is 0 Å². The average molecular weight is 345 g/mol. The number of aromatic nitrogens is 1. The number of hydrogen-bond acceptors (Lipinski definition) is 4. The summed E-state index contributed by atoms with van der Waals surface area (Å²) in [5.74, 6) is -0.310. The molecule has 1 aliphatic heterocycles. The third-order valence-electron chi connectivity index (χ3n) is 4.41. The highest BCUT2D eigenvalue weighted by Crippen LogP contribution is 2.30. The molecule has 0 saturated carbocycles. The lowest BCUT2D eigenvalue weighted by Crippen LogP contribution is -2.39. The second-order valence-corrected chi connectivity index (χ2v) is 7.47. The van der Waals surface area contributed by atoms with E-state index >= 15 is 0 Å². The highest BCUT2D eigenvalue weighted by molar-refractivity contribution is 5.92. The van der Waals surface area contributed by atoms with Gasteiger partial charge in [-0.15, -0.1) is 0 Å². The van der Waals surface area contributed by atoms with Gasteiger partial charge in [0.25, 0.3) is 0 Å². The van der Waals surface area contributed by atoms with E-state index in [1.165, 1.54) is 12.1 Å². The Bertz CT molecular complexity index is 788. The van der Waals surface area contributed by atoms with Gasteiger partial charge in [-0.05, 0) is 45.4 Å². The molecule has 0 bridgehead atoms. The number of fused-ring (bicyclic) bond motifs is 1. The zero-order valence-corrected chi connectivity index (χ0v) is 15.1. The summed E-state index contributed by atoms with van der Waals surface area (Å²) in [7, 11) is 1.93. The van der Waals surface area contributed by atoms with E-state index in [4.69, 9.17) is 4.74 Å². The lowest BCUT2D eigenvalue weighted by Gasteiger charge is -2.29. The molecule has 0 spiro atoms. The molecule has 0 aliphatic carbocycles. The van der Waals surface area contributed by atoms with Gasteiger partial charge in [-0.2, -0.15) is 0 Å². The maximum Gasteiger partial charge on any atom is 0.410 e. The van der Waals surface area contributed by atoms with E-state index in [1.54, 1.807) is 11.1 Å². The second kappa shape index (κ2) is 6.50. The van der Waals surface area contributed by atoms with Gasteiger partial charge in [-0.1, -0.05) is 0 Å². The number of likely N-dealkylation sites (N-methyl/N-ethyl adjacent to an activating group) is 1. The van der Waals surface area contributed by atoms with Crippen molar-refractivity contribution in [2.45, 2.75) is 38.8 Å². The van der Waals surface area contributed by atoms with Gasteiger partial charge in [0, 0.05) is 49.5 Å². The number of anilines is 1. The number of likely N-dealkylation sites (tertiary alicyclic amines) is 1. The third kappa shape index (κ3) is 3.83. The Hall–Kier alpha value is -2.37. The van der Waals surface area contributed by atoms with Gasteiger partial charge in [0.15, 0.2) is 0 Å². The molecule has 2 aromatic rings. The number of pyridine rings is 1. The minimum absolute atomic E-state index is 0.109. The molecule has 0 N–H and O–H groups in total. The van der Waals surface area contributed by atoms with Crippen LogP contribution in [-0.2, 0) is 4.74 Å². The van der Waals surface area contributed by atoms with E-state index < -0.39 is 5.60 Å². The number of benzene rings is 1. The van der Waals surface area contributed by atoms with Crippen molar-refractivity contribution in [2.24, 2.45) is 0 Å². The maximum atomic E-state index is 14.0. The molecule has 1 atom stereocenters. The van der Waals surface area contributed by atoms with Gasteiger partial charge < -0.3 is 14.5 Å². The van der Waals surface area contributed by atoms with Crippen molar-refractivity contribution in [1.82, 2.24) is 9.88 Å². The lowest BCUT2D eigenvalue weighted by atomic mass is 10.1. The molecule has 1 aromatic heterocycles. The minimum atomic E-state index is -0.508. The molecule has 3 rings (SSSR count). The van der Waals surface area contributed by atoms with Crippen molar-refractivity contribution in [1.29, 1.82) is 0 Å². The predicted octanol–water partition coefficient (Wildman–Crippen LogP) is 3.82. The van der Waals surface area contributed by atoms with Crippen LogP contribution >= 0.6 is 0 Å². The lowest BCUT2D eigenvalue weighted by molar-refractivity contribution is 0.0292. The van der Waals surface area contributed by atoms with Gasteiger partial charge >= 0.3 is 6.09 Å². The Morgan fingerprint density at radius 1 is 1.40 bits per heavy atom. The quantitative estimate of drug-likeness (QED) is 0.830. The van der Waals surface area contributed by atoms with E-state index in [2.05, 4.69) is 4.98 Å². The van der Waals surface area contributed by atoms with E-state index in [-0.39, 0.29) is 18.0 Å². The smallest absolute Gasteiger partial charge is 0.410 e. The molecule has 5 nitrogen and oxygen atoms in total. The molecule has 0 radical (unpaired) electrons. The highest BCUT2D eigenvalue weighted by Gasteiger charge is 2.32. The summed E-state index contributed by atoms with van der Waals surface area (Å²) in [5, 5.41) is 0.905. The van der Waals surface area contributed by atoms with Crippen LogP contribution in [0.3, 0.4) is 0 Å². The van der Waals surface area contributed by atoms with E-state index in [9.17, 15) is 9.18 Å². The number of hydrogen-bond donors (Lipinski definition) is 0. The topological polar surface area (TPSA) is 45.7 Å². The first-order valence-electron chi connectivity index (χ1n) is 8.49. The first kappa shape index (κ1) is 17.5. The highest BCUT2D eigenvalue weighted by atomic mass is 19.1. The van der Waals surface area contributed by atoms with E-state index in [0.717, 1.165) is 17.5 Å². The summed E-state index contributed by atoms with van der Waals surface area (Å²) in [6, 6.07) is 6.86. The molecule has 1 amide bonds. The number of carbonyl (C=O) groups excluding carboxylic acids is 1. The van der Waals surface area contributed by atoms with Crippen molar-refractivity contribution in [2.75, 3.05) is 25.0 Å². The molecule has 2 heterocycles. The molecule has 1 aliphatic rings. The molecular formula is C19H24FN3O2. The van der Waals surface area contributed by atoms with Gasteiger partial charge in [0.1, 0.15) is 11.4 Å². The van der Waals surface area contributed by atoms with Gasteiger partial charge in [0.05, 0.1) is 5.52 Å². The summed E-state index contributed by atoms with van der Waals surface area (Å²) in [5.41, 5.74) is 0.913. The van der Waals surface area contributed by atoms with Gasteiger partial charge in [0.2, 0.25) is 0 Å². The molecule has 134 valence electrons. The number of rotatable bonds is 2. The van der Waals surface area contributed by atoms with Crippen LogP contribution in [0.4, 0.5) is 14.9 Å². The van der Waals surface area contributed by atoms with Crippen LogP contribution in [0.25, 0.3) is 10.9 Å². The van der Waals surface area contributed by atoms with E-state index in [0.29, 0.717) is 18.6 Å². The van der Waals surface area contributed by atoms with Crippen molar-refractivity contribution < 1.29 is 13.9 Å². The maximum absolute atomic E-state index is 14.0. The fraction of sp³-hybridized carbons (Fsp3) is 0.474. The minimum Gasteiger partial charge on any atom is -0.444 e. The first-order valence-corrected chi connectivity index (χ1v) is 8.49. The normalized spacial score (nSPS) is 17.8. The number of halogens is 1. The summed E-state index contributed by atoms with van der Waals surface area (Å²) in [4.78, 5) is 20.2. The Balaban J connectivity index is 1.79. The molecule has 1 saturated heterocycles. The van der Waals surface area contributed by atoms with Crippen LogP contribution in [0.2, 0.25) is 0 Å². The van der Waals surface area contributed by atoms with Gasteiger partial charge in [-0.3, -0.25) is 4.98 Å². The first-order chi connectivity index (χ1) is 11.7. The zero-order valence-electron chi connectivity index (χ0n) is 15.1. The van der Waals surface area contributed by atoms with Crippen LogP contribution in [0.1, 0.15) is 27.2 Å². The van der Waals surface area contributed by atoms with Crippen LogP contribution in [0, 0.1) is 5.82 Å². The molecular weight excluding hydrogens is 321 g/mol. The Labute approximate surface area is 147 Å². The molecule has 1 unspecified atom stereocenters. The standard InChI is InChI=1S/C19H24FN3O2/c1-19(2,3)25-18(24)23-9-7-14(12-23)22(4)17-11-13(20)10-16-15(17)6-5-8-21-16/h5-6,8,10-11,14H,7,9,12H2,1-4H3. The monoisotopic (exact) mass is 345 g/mol. The Kier molecular flexibility index (Phi) is 4.54. The van der Waals surface area contributed by atoms with E-state index in [1.807, 2.05) is 44.9 Å². The summed E-state index contributed by atoms with van der Waals surface area (Å²) in [6.07, 6.45) is 2.17. The summed E-state index contributed by atoms with van der Waals surface area (Å²) >= 11 is 0. The fourth-order valence-electron chi connectivity index (χ4n) is 3.17. The zero-order chi connectivity index (χ0) is 18.2. The third-order valence-corrected chi connectivity index (χ3v) is 4.41. The number of amides is 1. The number of nitrogens with zero attached hydrogens (tertiary/aromatic N) is 3. The number of carbonyl (C=O) groups is 1. The molecule has 1 fully saturated rings. The van der Waals surface area contributed by atoms with Crippen molar-refractivity contribution >= 4 is 22.7 Å². The van der Waals surface area contributed by atoms with Crippen LogP contribution < -0.4 is 4.90 Å². The molecule has 1 aromatic carbocycles. The van der Waals surface area contributed by atoms with Crippen LogP contribution in [-0.4, -0.2) is 47.8 Å². The van der Waals surface area contributed by atoms with Crippen LogP contribution in [0.5, 0.6) is 0 Å². The summed E-state index contributed by atoms with van der Waals surface area (Å²) in [6.45, 7) is 6.77. The predicted molar refractivity (Wildman–Crippen MR) is 96.3 cm³/mol. The number of ether oxygens (including phenoxy) is 1. The second-order valence-electron chi connectivity index (χ2n) is 7.47. The Morgan fingerprint density at radius 2 is 2.16 bits per heavy atom. The largest absolute Gasteiger partial charge is 0.444 e. The van der Waals surface area contributed by atoms with Crippen molar-refractivity contribution in [3.63, 3.8) is 0 Å². The van der Waals surface area contributed by atoms with Gasteiger partial charge in [-0.25, -0.2) is 9.18 Å². The van der Waals surface area contributed by atoms with Crippen molar-refractivity contribution in [3.05, 3.63) is 36.3 Å². The average Bonchev–Trinajstić information content (AvgIpc) is 3.02. The molecule has 25 heavy (non-hydrogen) atoms. The molecule has 6 heteroatoms. The SMILES string of the molecule is CN(c1cc(F)cc2ncccc12)C1CCN(C(=O)OC(C)(C)C)C1. The van der Waals surface area contributed by atoms with Crippen LogP contribution in [0.15, 0.2) is 30.5 Å². The fourth-order valence-corrected chi connectivity index (χ4v) is 3.17. The Morgan fingerprint density at radius 3 is 2.88 bits per heavy atom. The summed E-state index contributed by atoms with van der Waals surface area (Å²) < 4.78 is 19.4.